The molecule has 19 heavy (non-hydrogen) atoms. The van der Waals surface area contributed by atoms with Gasteiger partial charge in [0.2, 0.25) is 0 Å². The molecule has 2 heterocycles. The number of halogens is 4. The van der Waals surface area contributed by atoms with Gasteiger partial charge in [0, 0.05) is 25.3 Å². The van der Waals surface area contributed by atoms with Gasteiger partial charge in [-0.25, -0.2) is 4.98 Å². The molecule has 0 amide bonds. The Hall–Kier alpha value is -1.01. The normalized spacial score (nSPS) is 20.1. The number of aryl methyl sites for hydroxylation is 1. The Morgan fingerprint density at radius 1 is 1.42 bits per heavy atom. The lowest BCUT2D eigenvalue weighted by Crippen LogP contribution is -2.43. The highest BCUT2D eigenvalue weighted by Crippen LogP contribution is 2.31. The fourth-order valence-corrected chi connectivity index (χ4v) is 2.26. The van der Waals surface area contributed by atoms with E-state index in [9.17, 15) is 13.2 Å². The molecule has 3 nitrogen and oxygen atoms in total. The van der Waals surface area contributed by atoms with E-state index in [4.69, 9.17) is 5.73 Å². The van der Waals surface area contributed by atoms with Crippen LogP contribution in [0.15, 0.2) is 12.3 Å². The maximum Gasteiger partial charge on any atom is 0.417 e. The molecule has 0 spiro atoms. The maximum atomic E-state index is 12.5. The van der Waals surface area contributed by atoms with Crippen molar-refractivity contribution in [3.05, 3.63) is 23.4 Å². The topological polar surface area (TPSA) is 42.2 Å². The number of anilines is 1. The Kier molecular flexibility index (Phi) is 5.04. The molecule has 0 saturated carbocycles. The van der Waals surface area contributed by atoms with Gasteiger partial charge in [-0.1, -0.05) is 0 Å². The van der Waals surface area contributed by atoms with Crippen molar-refractivity contribution in [1.29, 1.82) is 0 Å². The first-order valence-corrected chi connectivity index (χ1v) is 5.92. The van der Waals surface area contributed by atoms with Crippen LogP contribution in [-0.4, -0.2) is 24.1 Å². The number of pyridine rings is 1. The summed E-state index contributed by atoms with van der Waals surface area (Å²) < 4.78 is 37.6. The third-order valence-electron chi connectivity index (χ3n) is 3.14. The first kappa shape index (κ1) is 16.0. The van der Waals surface area contributed by atoms with Gasteiger partial charge in [0.15, 0.2) is 0 Å². The summed E-state index contributed by atoms with van der Waals surface area (Å²) in [7, 11) is 0. The summed E-state index contributed by atoms with van der Waals surface area (Å²) in [6.45, 7) is 3.10. The second-order valence-corrected chi connectivity index (χ2v) is 4.71. The van der Waals surface area contributed by atoms with Crippen molar-refractivity contribution in [3.8, 4) is 0 Å². The van der Waals surface area contributed by atoms with E-state index >= 15 is 0 Å². The molecule has 2 rings (SSSR count). The fourth-order valence-electron chi connectivity index (χ4n) is 2.26. The zero-order valence-electron chi connectivity index (χ0n) is 10.6. The number of aromatic nitrogens is 1. The Morgan fingerprint density at radius 3 is 2.63 bits per heavy atom. The van der Waals surface area contributed by atoms with Crippen molar-refractivity contribution in [2.75, 3.05) is 18.0 Å². The van der Waals surface area contributed by atoms with Crippen LogP contribution in [0.25, 0.3) is 0 Å². The van der Waals surface area contributed by atoms with Crippen molar-refractivity contribution in [2.45, 2.75) is 32.0 Å². The molecule has 7 heteroatoms. The average molecular weight is 296 g/mol. The third kappa shape index (κ3) is 3.73. The quantitative estimate of drug-likeness (QED) is 0.866. The van der Waals surface area contributed by atoms with Crippen LogP contribution in [0, 0.1) is 6.92 Å². The predicted molar refractivity (Wildman–Crippen MR) is 70.6 cm³/mol. The van der Waals surface area contributed by atoms with E-state index in [1.54, 1.807) is 6.92 Å². The molecule has 0 aliphatic carbocycles. The lowest BCUT2D eigenvalue weighted by atomic mass is 10.1. The molecule has 108 valence electrons. The molecule has 2 N–H and O–H groups in total. The molecule has 1 unspecified atom stereocenters. The van der Waals surface area contributed by atoms with Crippen LogP contribution in [0.4, 0.5) is 19.0 Å². The minimum absolute atomic E-state index is 0. The molecule has 1 fully saturated rings. The molecule has 1 aromatic rings. The monoisotopic (exact) mass is 295 g/mol. The Balaban J connectivity index is 0.00000180. The summed E-state index contributed by atoms with van der Waals surface area (Å²) in [4.78, 5) is 5.92. The predicted octanol–water partition coefficient (Wildman–Crippen LogP) is 2.76. The van der Waals surface area contributed by atoms with Crippen LogP contribution in [-0.2, 0) is 6.18 Å². The molecular formula is C12H17ClF3N3. The van der Waals surface area contributed by atoms with Crippen LogP contribution in [0.2, 0.25) is 0 Å². The van der Waals surface area contributed by atoms with Gasteiger partial charge in [-0.2, -0.15) is 13.2 Å². The smallest absolute Gasteiger partial charge is 0.355 e. The van der Waals surface area contributed by atoms with Crippen molar-refractivity contribution < 1.29 is 13.2 Å². The second kappa shape index (κ2) is 5.96. The van der Waals surface area contributed by atoms with Crippen LogP contribution >= 0.6 is 12.4 Å². The Bertz CT molecular complexity index is 437. The highest BCUT2D eigenvalue weighted by atomic mass is 35.5. The minimum atomic E-state index is -4.34. The van der Waals surface area contributed by atoms with Gasteiger partial charge in [-0.3, -0.25) is 0 Å². The number of hydrogen-bond acceptors (Lipinski definition) is 3. The molecule has 1 aromatic heterocycles. The van der Waals surface area contributed by atoms with Gasteiger partial charge in [0.25, 0.3) is 0 Å². The summed E-state index contributed by atoms with van der Waals surface area (Å²) in [5.41, 5.74) is 5.70. The fraction of sp³-hybridized carbons (Fsp3) is 0.583. The van der Waals surface area contributed by atoms with E-state index in [0.717, 1.165) is 31.6 Å². The first-order valence-electron chi connectivity index (χ1n) is 5.92. The average Bonchev–Trinajstić information content (AvgIpc) is 2.27. The maximum absolute atomic E-state index is 12.5. The highest BCUT2D eigenvalue weighted by molar-refractivity contribution is 5.85. The molecule has 0 aromatic carbocycles. The molecular weight excluding hydrogens is 279 g/mol. The summed E-state index contributed by atoms with van der Waals surface area (Å²) in [6, 6.07) is 1.21. The van der Waals surface area contributed by atoms with Crippen LogP contribution < -0.4 is 10.6 Å². The van der Waals surface area contributed by atoms with Crippen LogP contribution in [0.3, 0.4) is 0 Å². The first-order chi connectivity index (χ1) is 8.38. The zero-order chi connectivity index (χ0) is 13.3. The molecule has 0 bridgehead atoms. The summed E-state index contributed by atoms with van der Waals surface area (Å²) >= 11 is 0. The third-order valence-corrected chi connectivity index (χ3v) is 3.14. The van der Waals surface area contributed by atoms with Gasteiger partial charge >= 0.3 is 6.18 Å². The molecule has 1 aliphatic heterocycles. The largest absolute Gasteiger partial charge is 0.417 e. The van der Waals surface area contributed by atoms with Crippen molar-refractivity contribution in [2.24, 2.45) is 5.73 Å². The number of piperidine rings is 1. The zero-order valence-corrected chi connectivity index (χ0v) is 11.4. The molecule has 1 atom stereocenters. The van der Waals surface area contributed by atoms with E-state index in [-0.39, 0.29) is 18.4 Å². The molecule has 1 saturated heterocycles. The van der Waals surface area contributed by atoms with E-state index in [0.29, 0.717) is 17.9 Å². The van der Waals surface area contributed by atoms with Crippen LogP contribution in [0.5, 0.6) is 0 Å². The van der Waals surface area contributed by atoms with Gasteiger partial charge in [-0.05, 0) is 31.4 Å². The SMILES string of the molecule is Cc1cc(C(F)(F)F)cnc1N1CCCC(N)C1.Cl. The Morgan fingerprint density at radius 2 is 2.11 bits per heavy atom. The van der Waals surface area contributed by atoms with E-state index in [1.165, 1.54) is 0 Å². The van der Waals surface area contributed by atoms with Gasteiger partial charge in [0.05, 0.1) is 5.56 Å². The van der Waals surface area contributed by atoms with Crippen molar-refractivity contribution in [1.82, 2.24) is 4.98 Å². The van der Waals surface area contributed by atoms with E-state index in [1.807, 2.05) is 4.90 Å². The van der Waals surface area contributed by atoms with Gasteiger partial charge in [-0.15, -0.1) is 12.4 Å². The molecule has 1 aliphatic rings. The summed E-state index contributed by atoms with van der Waals surface area (Å²) in [5, 5.41) is 0. The van der Waals surface area contributed by atoms with E-state index in [2.05, 4.69) is 4.98 Å². The Labute approximate surface area is 116 Å². The van der Waals surface area contributed by atoms with Gasteiger partial charge in [0.1, 0.15) is 5.82 Å². The summed E-state index contributed by atoms with van der Waals surface area (Å²) in [6.07, 6.45) is -1.55. The van der Waals surface area contributed by atoms with Crippen LogP contribution in [0.1, 0.15) is 24.0 Å². The van der Waals surface area contributed by atoms with E-state index < -0.39 is 11.7 Å². The number of alkyl halides is 3. The van der Waals surface area contributed by atoms with Crippen molar-refractivity contribution >= 4 is 18.2 Å². The minimum Gasteiger partial charge on any atom is -0.355 e. The molecule has 0 radical (unpaired) electrons. The standard InChI is InChI=1S/C12H16F3N3.ClH/c1-8-5-9(12(13,14)15)6-17-11(8)18-4-2-3-10(16)7-18;/h5-6,10H,2-4,7,16H2,1H3;1H. The lowest BCUT2D eigenvalue weighted by molar-refractivity contribution is -0.137. The van der Waals surface area contributed by atoms with Gasteiger partial charge < -0.3 is 10.6 Å². The number of hydrogen-bond donors (Lipinski definition) is 1. The second-order valence-electron chi connectivity index (χ2n) is 4.71. The lowest BCUT2D eigenvalue weighted by Gasteiger charge is -2.32. The number of rotatable bonds is 1. The number of nitrogens with two attached hydrogens (primary N) is 1. The van der Waals surface area contributed by atoms with Crippen molar-refractivity contribution in [3.63, 3.8) is 0 Å². The highest BCUT2D eigenvalue weighted by Gasteiger charge is 2.32. The summed E-state index contributed by atoms with van der Waals surface area (Å²) in [5.74, 6) is 0.609. The number of nitrogens with zero attached hydrogens (tertiary/aromatic N) is 2.